The van der Waals surface area contributed by atoms with Crippen molar-refractivity contribution in [3.8, 4) is 0 Å². The number of esters is 4. The Bertz CT molecular complexity index is 1140. The Morgan fingerprint density at radius 2 is 1.82 bits per heavy atom. The summed E-state index contributed by atoms with van der Waals surface area (Å²) in [6, 6.07) is 0. The van der Waals surface area contributed by atoms with Crippen molar-refractivity contribution in [3.05, 3.63) is 23.8 Å². The van der Waals surface area contributed by atoms with E-state index >= 15 is 0 Å². The number of fused-ring (bicyclic) bond motifs is 3. The maximum absolute atomic E-state index is 13.2. The molecule has 0 amide bonds. The summed E-state index contributed by atoms with van der Waals surface area (Å²) in [5.41, 5.74) is -2.54. The Morgan fingerprint density at radius 3 is 2.47 bits per heavy atom. The first-order valence-corrected chi connectivity index (χ1v) is 13.0. The number of hydrogen-bond acceptors (Lipinski definition) is 10. The van der Waals surface area contributed by atoms with Gasteiger partial charge in [0.1, 0.15) is 17.3 Å². The van der Waals surface area contributed by atoms with Crippen LogP contribution in [0.4, 0.5) is 0 Å². The van der Waals surface area contributed by atoms with Crippen LogP contribution in [0, 0.1) is 22.7 Å². The SMILES string of the molecule is C=C1[C@@H]2CC[C@@]3(C)[C@H](C4=CC(=O)O[C@H]4OC)OC(=O)C[C@]13O[C@H]1CC(=O)OC(C)(C)[C@H](CC(=O)OC)[C@]12C. The minimum Gasteiger partial charge on any atom is -0.469 e. The highest BCUT2D eigenvalue weighted by Gasteiger charge is 2.73. The molecule has 4 aliphatic heterocycles. The molecule has 10 heteroatoms. The lowest BCUT2D eigenvalue weighted by molar-refractivity contribution is -0.286. The Balaban J connectivity index is 1.64. The molecule has 1 spiro atoms. The quantitative estimate of drug-likeness (QED) is 0.303. The van der Waals surface area contributed by atoms with E-state index in [9.17, 15) is 19.2 Å². The van der Waals surface area contributed by atoms with E-state index in [2.05, 4.69) is 6.58 Å². The zero-order valence-electron chi connectivity index (χ0n) is 22.8. The van der Waals surface area contributed by atoms with Crippen molar-refractivity contribution in [2.24, 2.45) is 22.7 Å². The maximum atomic E-state index is 13.2. The normalized spacial score (nSPS) is 43.5. The Kier molecular flexibility index (Phi) is 6.11. The van der Waals surface area contributed by atoms with E-state index in [0.29, 0.717) is 18.4 Å². The second kappa shape index (κ2) is 8.64. The van der Waals surface area contributed by atoms with E-state index in [-0.39, 0.29) is 25.2 Å². The second-order valence-corrected chi connectivity index (χ2v) is 12.1. The molecule has 38 heavy (non-hydrogen) atoms. The smallest absolute Gasteiger partial charge is 0.333 e. The Morgan fingerprint density at radius 1 is 1.11 bits per heavy atom. The molecule has 0 aromatic carbocycles. The van der Waals surface area contributed by atoms with E-state index in [1.54, 1.807) is 0 Å². The Labute approximate surface area is 222 Å². The molecule has 1 aliphatic carbocycles. The van der Waals surface area contributed by atoms with Crippen molar-refractivity contribution in [1.29, 1.82) is 0 Å². The zero-order chi connectivity index (χ0) is 27.8. The van der Waals surface area contributed by atoms with Crippen LogP contribution in [-0.2, 0) is 47.6 Å². The summed E-state index contributed by atoms with van der Waals surface area (Å²) in [6.07, 6.45) is -0.0631. The molecule has 10 nitrogen and oxygen atoms in total. The number of ether oxygens (including phenoxy) is 6. The molecule has 5 aliphatic rings. The van der Waals surface area contributed by atoms with Crippen molar-refractivity contribution >= 4 is 23.9 Å². The fraction of sp³-hybridized carbons (Fsp3) is 0.714. The van der Waals surface area contributed by atoms with E-state index in [1.165, 1.54) is 20.3 Å². The summed E-state index contributed by atoms with van der Waals surface area (Å²) >= 11 is 0. The van der Waals surface area contributed by atoms with Gasteiger partial charge < -0.3 is 28.4 Å². The molecule has 3 saturated heterocycles. The van der Waals surface area contributed by atoms with Crippen LogP contribution in [-0.4, -0.2) is 67.8 Å². The lowest BCUT2D eigenvalue weighted by Crippen LogP contribution is -2.72. The summed E-state index contributed by atoms with van der Waals surface area (Å²) in [5, 5.41) is 0. The molecule has 2 bridgehead atoms. The van der Waals surface area contributed by atoms with Crippen molar-refractivity contribution in [3.63, 3.8) is 0 Å². The molecular formula is C28H36O10. The highest BCUT2D eigenvalue weighted by atomic mass is 16.7. The zero-order valence-corrected chi connectivity index (χ0v) is 22.8. The van der Waals surface area contributed by atoms with Gasteiger partial charge in [-0.2, -0.15) is 0 Å². The van der Waals surface area contributed by atoms with Gasteiger partial charge in [0, 0.05) is 35.5 Å². The van der Waals surface area contributed by atoms with Crippen molar-refractivity contribution in [2.75, 3.05) is 14.2 Å². The number of cyclic esters (lactones) is 3. The third-order valence-corrected chi connectivity index (χ3v) is 10.0. The first-order valence-electron chi connectivity index (χ1n) is 13.0. The molecule has 4 heterocycles. The summed E-state index contributed by atoms with van der Waals surface area (Å²) < 4.78 is 34.4. The van der Waals surface area contributed by atoms with Gasteiger partial charge >= 0.3 is 23.9 Å². The molecule has 8 atom stereocenters. The van der Waals surface area contributed by atoms with Gasteiger partial charge in [-0.05, 0) is 38.2 Å². The highest BCUT2D eigenvalue weighted by molar-refractivity contribution is 5.86. The van der Waals surface area contributed by atoms with Crippen LogP contribution in [0.5, 0.6) is 0 Å². The highest BCUT2D eigenvalue weighted by Crippen LogP contribution is 2.69. The molecule has 0 aromatic heterocycles. The van der Waals surface area contributed by atoms with Crippen LogP contribution in [0.1, 0.15) is 59.8 Å². The summed E-state index contributed by atoms with van der Waals surface area (Å²) in [7, 11) is 2.75. The average Bonchev–Trinajstić information content (AvgIpc) is 3.19. The number of rotatable bonds is 4. The first-order chi connectivity index (χ1) is 17.7. The minimum atomic E-state index is -1.17. The fourth-order valence-electron chi connectivity index (χ4n) is 8.15. The molecule has 5 rings (SSSR count). The van der Waals surface area contributed by atoms with Crippen LogP contribution >= 0.6 is 0 Å². The van der Waals surface area contributed by atoms with Gasteiger partial charge in [0.25, 0.3) is 0 Å². The number of carbonyl (C=O) groups excluding carboxylic acids is 4. The average molecular weight is 533 g/mol. The van der Waals surface area contributed by atoms with Crippen LogP contribution < -0.4 is 0 Å². The second-order valence-electron chi connectivity index (χ2n) is 12.1. The van der Waals surface area contributed by atoms with Gasteiger partial charge in [0.2, 0.25) is 6.29 Å². The van der Waals surface area contributed by atoms with Crippen LogP contribution in [0.25, 0.3) is 0 Å². The molecule has 4 fully saturated rings. The van der Waals surface area contributed by atoms with Crippen molar-refractivity contribution in [1.82, 2.24) is 0 Å². The maximum Gasteiger partial charge on any atom is 0.333 e. The topological polar surface area (TPSA) is 124 Å². The largest absolute Gasteiger partial charge is 0.469 e. The van der Waals surface area contributed by atoms with E-state index in [0.717, 1.165) is 5.57 Å². The molecule has 208 valence electrons. The Hall–Kier alpha value is -2.72. The van der Waals surface area contributed by atoms with Crippen LogP contribution in [0.15, 0.2) is 23.8 Å². The third-order valence-electron chi connectivity index (χ3n) is 10.0. The number of hydrogen-bond donors (Lipinski definition) is 0. The summed E-state index contributed by atoms with van der Waals surface area (Å²) in [6.45, 7) is 12.1. The van der Waals surface area contributed by atoms with E-state index < -0.39 is 70.3 Å². The van der Waals surface area contributed by atoms with Gasteiger partial charge in [-0.15, -0.1) is 0 Å². The van der Waals surface area contributed by atoms with Crippen LogP contribution in [0.2, 0.25) is 0 Å². The monoisotopic (exact) mass is 532 g/mol. The summed E-state index contributed by atoms with van der Waals surface area (Å²) in [4.78, 5) is 51.0. The predicted molar refractivity (Wildman–Crippen MR) is 130 cm³/mol. The van der Waals surface area contributed by atoms with Crippen molar-refractivity contribution < 1.29 is 47.6 Å². The molecule has 0 radical (unpaired) electrons. The van der Waals surface area contributed by atoms with Gasteiger partial charge in [-0.3, -0.25) is 14.4 Å². The van der Waals surface area contributed by atoms with Crippen LogP contribution in [0.3, 0.4) is 0 Å². The predicted octanol–water partition coefficient (Wildman–Crippen LogP) is 2.78. The minimum absolute atomic E-state index is 0.0354. The van der Waals surface area contributed by atoms with E-state index in [4.69, 9.17) is 28.4 Å². The van der Waals surface area contributed by atoms with Crippen molar-refractivity contribution in [2.45, 2.75) is 89.5 Å². The van der Waals surface area contributed by atoms with Gasteiger partial charge in [-0.1, -0.05) is 20.4 Å². The molecule has 1 saturated carbocycles. The molecule has 0 unspecified atom stereocenters. The third kappa shape index (κ3) is 3.52. The summed E-state index contributed by atoms with van der Waals surface area (Å²) in [5.74, 6) is -2.54. The molecule has 0 N–H and O–H groups in total. The standard InChI is InChI=1S/C28H36O10/c1-14-16-8-9-26(4)23(15-10-20(30)36-24(15)34-7)35-22(32)13-28(14,26)37-18-12-21(31)38-25(2,3)17(27(16,18)5)11-19(29)33-6/h10,16-18,23-24H,1,8-9,11-13H2,2-7H3/t16-,17-,18-,23-,24+,26-,27+,28-/m0/s1. The van der Waals surface area contributed by atoms with E-state index in [1.807, 2.05) is 27.7 Å². The lowest BCUT2D eigenvalue weighted by atomic mass is 9.44. The van der Waals surface area contributed by atoms with Gasteiger partial charge in [0.15, 0.2) is 0 Å². The van der Waals surface area contributed by atoms with Gasteiger partial charge in [-0.25, -0.2) is 4.79 Å². The number of carbonyl (C=O) groups is 4. The molecule has 0 aromatic rings. The molecular weight excluding hydrogens is 496 g/mol. The first kappa shape index (κ1) is 26.9. The number of methoxy groups -OCH3 is 2. The van der Waals surface area contributed by atoms with Gasteiger partial charge in [0.05, 0.1) is 32.5 Å². The lowest BCUT2D eigenvalue weighted by Gasteiger charge is -2.68. The fourth-order valence-corrected chi connectivity index (χ4v) is 8.15.